The first kappa shape index (κ1) is 29.7. The van der Waals surface area contributed by atoms with E-state index in [2.05, 4.69) is 5.23 Å². The zero-order chi connectivity index (χ0) is 25.7. The molecule has 1 atom stereocenters. The van der Waals surface area contributed by atoms with Gasteiger partial charge < -0.3 is 24.4 Å². The van der Waals surface area contributed by atoms with E-state index in [1.54, 1.807) is 26.8 Å². The zero-order valence-corrected chi connectivity index (χ0v) is 21.1. The van der Waals surface area contributed by atoms with E-state index in [9.17, 15) is 24.5 Å². The maximum absolute atomic E-state index is 12.3. The second-order valence-corrected chi connectivity index (χ2v) is 9.16. The summed E-state index contributed by atoms with van der Waals surface area (Å²) in [5.41, 5.74) is 0.00658. The van der Waals surface area contributed by atoms with E-state index in [-0.39, 0.29) is 57.4 Å². The number of amides is 1. The maximum atomic E-state index is 12.3. The minimum absolute atomic E-state index is 0.0322. The van der Waals surface area contributed by atoms with Crippen LogP contribution in [0.25, 0.3) is 0 Å². The molecule has 1 rings (SSSR count). The van der Waals surface area contributed by atoms with Gasteiger partial charge in [-0.15, -0.1) is 23.2 Å². The van der Waals surface area contributed by atoms with Crippen molar-refractivity contribution >= 4 is 54.6 Å². The van der Waals surface area contributed by atoms with Gasteiger partial charge in [0.2, 0.25) is 0 Å². The van der Waals surface area contributed by atoms with Crippen molar-refractivity contribution in [3.63, 3.8) is 0 Å². The van der Waals surface area contributed by atoms with Gasteiger partial charge in [0.05, 0.1) is 17.5 Å². The third kappa shape index (κ3) is 11.2. The Morgan fingerprint density at radius 1 is 1.26 bits per heavy atom. The fourth-order valence-electron chi connectivity index (χ4n) is 3.09. The number of rotatable bonds is 14. The average Bonchev–Trinajstić information content (AvgIpc) is 2.74. The number of benzene rings is 1. The second kappa shape index (κ2) is 14.8. The molecule has 0 aromatic heterocycles. The summed E-state index contributed by atoms with van der Waals surface area (Å²) >= 11 is 11.4. The number of alkyl halides is 2. The molecule has 0 fully saturated rings. The van der Waals surface area contributed by atoms with Gasteiger partial charge in [-0.1, -0.05) is 0 Å². The first-order valence-electron chi connectivity index (χ1n) is 10.7. The molecule has 0 heterocycles. The van der Waals surface area contributed by atoms with Gasteiger partial charge in [-0.2, -0.15) is 0 Å². The number of esters is 1. The predicted molar refractivity (Wildman–Crippen MR) is 131 cm³/mol. The molecule has 0 bridgehead atoms. The molecular weight excluding hydrogens is 488 g/mol. The largest absolute Gasteiger partial charge is 0.460 e. The summed E-state index contributed by atoms with van der Waals surface area (Å²) < 4.78 is 10.6. The van der Waals surface area contributed by atoms with Crippen molar-refractivity contribution in [1.29, 1.82) is 0 Å². The molecule has 13 heteroatoms. The molecule has 0 aliphatic heterocycles. The van der Waals surface area contributed by atoms with Crippen molar-refractivity contribution in [2.75, 3.05) is 24.8 Å². The number of nitrogens with one attached hydrogen (secondary N) is 1. The van der Waals surface area contributed by atoms with Crippen molar-refractivity contribution in [2.45, 2.75) is 51.9 Å². The summed E-state index contributed by atoms with van der Waals surface area (Å²) in [6, 6.07) is 3.77. The highest BCUT2D eigenvalue weighted by Gasteiger charge is 2.24. The molecule has 0 saturated carbocycles. The van der Waals surface area contributed by atoms with Crippen molar-refractivity contribution in [1.82, 2.24) is 10.1 Å². The maximum Gasteiger partial charge on any atom is 0.410 e. The number of hydrogen-bond donors (Lipinski definition) is 1. The van der Waals surface area contributed by atoms with Gasteiger partial charge in [0.1, 0.15) is 12.2 Å². The first-order chi connectivity index (χ1) is 16.0. The summed E-state index contributed by atoms with van der Waals surface area (Å²) in [7, 11) is -0.0322. The predicted octanol–water partition coefficient (Wildman–Crippen LogP) is 2.79. The Bertz CT molecular complexity index is 846. The number of carbonyl (C=O) groups excluding carboxylic acids is 3. The average molecular weight is 518 g/mol. The quantitative estimate of drug-likeness (QED) is 0.0995. The van der Waals surface area contributed by atoms with E-state index in [1.165, 1.54) is 17.0 Å². The van der Waals surface area contributed by atoms with E-state index in [4.69, 9.17) is 32.7 Å². The van der Waals surface area contributed by atoms with Gasteiger partial charge in [-0.3, -0.25) is 14.9 Å². The molecule has 0 saturated heterocycles. The fourth-order valence-corrected chi connectivity index (χ4v) is 3.49. The third-order valence-corrected chi connectivity index (χ3v) is 4.80. The smallest absolute Gasteiger partial charge is 0.410 e. The van der Waals surface area contributed by atoms with Crippen LogP contribution in [-0.2, 0) is 32.1 Å². The number of carbonyl (C=O) groups is 3. The monoisotopic (exact) mass is 517 g/mol. The van der Waals surface area contributed by atoms with Gasteiger partial charge in [-0.25, -0.2) is 4.79 Å². The molecule has 1 aromatic rings. The Balaban J connectivity index is 3.03. The summed E-state index contributed by atoms with van der Waals surface area (Å²) in [6.45, 7) is 5.62. The normalized spacial score (nSPS) is 11.9. The third-order valence-electron chi connectivity index (χ3n) is 4.46. The number of hydrogen-bond acceptors (Lipinski definition) is 8. The number of nitro groups is 1. The minimum atomic E-state index is -0.692. The lowest BCUT2D eigenvalue weighted by atomic mass is 9.92. The Labute approximate surface area is 209 Å². The molecule has 1 aromatic carbocycles. The van der Waals surface area contributed by atoms with E-state index >= 15 is 0 Å². The van der Waals surface area contributed by atoms with Crippen molar-refractivity contribution in [3.8, 4) is 0 Å². The van der Waals surface area contributed by atoms with Crippen molar-refractivity contribution in [3.05, 3.63) is 39.4 Å². The summed E-state index contributed by atoms with van der Waals surface area (Å²) in [5.74, 6) is -0.0524. The lowest BCUT2D eigenvalue weighted by molar-refractivity contribution is -0.385. The van der Waals surface area contributed by atoms with E-state index in [1.807, 2.05) is 0 Å². The van der Waals surface area contributed by atoms with Crippen LogP contribution in [0.5, 0.6) is 0 Å². The van der Waals surface area contributed by atoms with Gasteiger partial charge in [0.15, 0.2) is 0 Å². The Kier molecular flexibility index (Phi) is 12.9. The molecule has 0 spiro atoms. The van der Waals surface area contributed by atoms with Crippen LogP contribution in [0, 0.1) is 10.1 Å². The SMILES string of the molecule is CC(C)(C)OC(=O)C[C@@H](Cc1cc(COC(=O)N(CCCl)CCCl)ccc1[N+](=O)[O-])NBC=O. The molecule has 34 heavy (non-hydrogen) atoms. The van der Waals surface area contributed by atoms with E-state index < -0.39 is 28.6 Å². The Morgan fingerprint density at radius 3 is 2.44 bits per heavy atom. The molecule has 188 valence electrons. The van der Waals surface area contributed by atoms with Crippen LogP contribution in [0.4, 0.5) is 10.5 Å². The van der Waals surface area contributed by atoms with Gasteiger partial charge in [-0.05, 0) is 44.9 Å². The van der Waals surface area contributed by atoms with Crippen LogP contribution in [0.2, 0.25) is 0 Å². The minimum Gasteiger partial charge on any atom is -0.460 e. The summed E-state index contributed by atoms with van der Waals surface area (Å²) in [4.78, 5) is 47.8. The number of nitro benzene ring substituents is 1. The topological polar surface area (TPSA) is 128 Å². The molecule has 0 radical (unpaired) electrons. The second-order valence-electron chi connectivity index (χ2n) is 8.41. The summed E-state index contributed by atoms with van der Waals surface area (Å²) in [5, 5.41) is 14.5. The Hall–Kier alpha value is -2.37. The lowest BCUT2D eigenvalue weighted by Crippen LogP contribution is -2.38. The molecule has 10 nitrogen and oxygen atoms in total. The molecule has 1 N–H and O–H groups in total. The van der Waals surface area contributed by atoms with E-state index in [0.29, 0.717) is 17.3 Å². The van der Waals surface area contributed by atoms with Crippen LogP contribution < -0.4 is 5.23 Å². The lowest BCUT2D eigenvalue weighted by Gasteiger charge is -2.23. The van der Waals surface area contributed by atoms with E-state index in [0.717, 1.165) is 0 Å². The number of halogens is 2. The first-order valence-corrected chi connectivity index (χ1v) is 11.8. The van der Waals surface area contributed by atoms with Crippen LogP contribution >= 0.6 is 23.2 Å². The highest BCUT2D eigenvalue weighted by Crippen LogP contribution is 2.23. The molecule has 0 unspecified atom stereocenters. The molecule has 0 aliphatic rings. The Morgan fingerprint density at radius 2 is 1.91 bits per heavy atom. The van der Waals surface area contributed by atoms with Crippen LogP contribution in [0.1, 0.15) is 38.3 Å². The molecule has 0 aliphatic carbocycles. The van der Waals surface area contributed by atoms with Crippen LogP contribution in [0.3, 0.4) is 0 Å². The van der Waals surface area contributed by atoms with Crippen LogP contribution in [-0.4, -0.2) is 72.0 Å². The summed E-state index contributed by atoms with van der Waals surface area (Å²) in [6.07, 6.45) is 0.0276. The fraction of sp³-hybridized carbons (Fsp3) is 0.571. The van der Waals surface area contributed by atoms with Gasteiger partial charge >= 0.3 is 12.1 Å². The molecular formula is C21H30BCl2N3O7. The highest BCUT2D eigenvalue weighted by molar-refractivity contribution is 6.64. The van der Waals surface area contributed by atoms with Gasteiger partial charge in [0, 0.05) is 42.5 Å². The number of ether oxygens (including phenoxy) is 2. The highest BCUT2D eigenvalue weighted by atomic mass is 35.5. The zero-order valence-electron chi connectivity index (χ0n) is 19.6. The number of nitrogens with zero attached hydrogens (tertiary/aromatic N) is 2. The van der Waals surface area contributed by atoms with Crippen molar-refractivity contribution < 1.29 is 28.8 Å². The van der Waals surface area contributed by atoms with Gasteiger partial charge in [0.25, 0.3) is 13.1 Å². The standard InChI is InChI=1S/C21H30BCl2N3O7/c1-21(2,3)34-19(29)12-17(25-22-14-28)11-16-10-15(4-5-18(16)27(31)32)13-33-20(30)26(8-6-23)9-7-24/h4-5,10,14,17,22,25H,6-9,11-13H2,1-3H3/t17-/m1/s1. The molecule has 1 amide bonds. The van der Waals surface area contributed by atoms with Crippen LogP contribution in [0.15, 0.2) is 18.2 Å². The van der Waals surface area contributed by atoms with Crippen molar-refractivity contribution in [2.24, 2.45) is 0 Å².